The predicted octanol–water partition coefficient (Wildman–Crippen LogP) is 1.77. The quantitative estimate of drug-likeness (QED) is 0.213. The van der Waals surface area contributed by atoms with Crippen molar-refractivity contribution in [2.24, 2.45) is 10.9 Å². The van der Waals surface area contributed by atoms with Crippen LogP contribution in [-0.2, 0) is 16.4 Å². The van der Waals surface area contributed by atoms with Gasteiger partial charge >= 0.3 is 0 Å². The SMILES string of the molecule is NC(=NO)c1cccc(C[C@H](NS(=O)(=O)c2ccccc2)c2ncc[nH]2)c1. The second kappa shape index (κ2) is 8.02. The van der Waals surface area contributed by atoms with Crippen LogP contribution in [0.2, 0.25) is 0 Å². The number of sulfonamides is 1. The molecule has 0 aliphatic heterocycles. The van der Waals surface area contributed by atoms with Crippen molar-refractivity contribution in [3.63, 3.8) is 0 Å². The number of rotatable bonds is 7. The zero-order valence-corrected chi connectivity index (χ0v) is 15.1. The summed E-state index contributed by atoms with van der Waals surface area (Å²) in [4.78, 5) is 7.32. The highest BCUT2D eigenvalue weighted by Crippen LogP contribution is 2.20. The van der Waals surface area contributed by atoms with Crippen LogP contribution in [0, 0.1) is 0 Å². The molecule has 0 radical (unpaired) electrons. The van der Waals surface area contributed by atoms with Crippen molar-refractivity contribution in [2.45, 2.75) is 17.4 Å². The first-order valence-corrected chi connectivity index (χ1v) is 9.61. The molecule has 1 atom stereocenters. The largest absolute Gasteiger partial charge is 0.409 e. The van der Waals surface area contributed by atoms with E-state index in [0.29, 0.717) is 17.8 Å². The lowest BCUT2D eigenvalue weighted by Crippen LogP contribution is -2.31. The van der Waals surface area contributed by atoms with Crippen LogP contribution in [0.3, 0.4) is 0 Å². The molecule has 0 fully saturated rings. The van der Waals surface area contributed by atoms with Crippen molar-refractivity contribution in [3.05, 3.63) is 83.9 Å². The topological polar surface area (TPSA) is 133 Å². The number of oxime groups is 1. The van der Waals surface area contributed by atoms with Gasteiger partial charge in [-0.3, -0.25) is 0 Å². The Kier molecular flexibility index (Phi) is 5.53. The van der Waals surface area contributed by atoms with Crippen molar-refractivity contribution in [1.82, 2.24) is 14.7 Å². The third kappa shape index (κ3) is 4.52. The van der Waals surface area contributed by atoms with E-state index in [1.165, 1.54) is 12.1 Å². The number of nitrogens with two attached hydrogens (primary N) is 1. The number of hydrogen-bond acceptors (Lipinski definition) is 5. The number of hydrogen-bond donors (Lipinski definition) is 4. The van der Waals surface area contributed by atoms with Gasteiger partial charge in [0.2, 0.25) is 10.0 Å². The molecule has 3 rings (SSSR count). The minimum atomic E-state index is -3.74. The fourth-order valence-electron chi connectivity index (χ4n) is 2.67. The highest BCUT2D eigenvalue weighted by molar-refractivity contribution is 7.89. The minimum absolute atomic E-state index is 0.0173. The van der Waals surface area contributed by atoms with Crippen LogP contribution in [0.4, 0.5) is 0 Å². The van der Waals surface area contributed by atoms with Gasteiger partial charge in [-0.15, -0.1) is 0 Å². The van der Waals surface area contributed by atoms with Crippen LogP contribution < -0.4 is 10.5 Å². The minimum Gasteiger partial charge on any atom is -0.409 e. The molecule has 0 spiro atoms. The summed E-state index contributed by atoms with van der Waals surface area (Å²) >= 11 is 0. The fraction of sp³-hybridized carbons (Fsp3) is 0.111. The van der Waals surface area contributed by atoms with Crippen molar-refractivity contribution >= 4 is 15.9 Å². The molecule has 0 saturated carbocycles. The molecule has 0 unspecified atom stereocenters. The van der Waals surface area contributed by atoms with E-state index in [0.717, 1.165) is 5.56 Å². The number of nitrogens with zero attached hydrogens (tertiary/aromatic N) is 2. The number of benzene rings is 2. The molecule has 0 amide bonds. The summed E-state index contributed by atoms with van der Waals surface area (Å²) in [6.07, 6.45) is 3.52. The number of aromatic nitrogens is 2. The third-order valence-electron chi connectivity index (χ3n) is 3.97. The van der Waals surface area contributed by atoms with Gasteiger partial charge in [-0.05, 0) is 30.2 Å². The van der Waals surface area contributed by atoms with E-state index >= 15 is 0 Å². The van der Waals surface area contributed by atoms with Gasteiger partial charge < -0.3 is 15.9 Å². The number of aromatic amines is 1. The van der Waals surface area contributed by atoms with E-state index in [2.05, 4.69) is 19.8 Å². The van der Waals surface area contributed by atoms with E-state index in [1.54, 1.807) is 48.8 Å². The number of H-pyrrole nitrogens is 1. The van der Waals surface area contributed by atoms with E-state index < -0.39 is 16.1 Å². The molecular formula is C18H19N5O3S. The highest BCUT2D eigenvalue weighted by atomic mass is 32.2. The molecule has 2 aromatic carbocycles. The maximum atomic E-state index is 12.7. The zero-order chi connectivity index (χ0) is 19.3. The summed E-state index contributed by atoms with van der Waals surface area (Å²) < 4.78 is 28.1. The van der Waals surface area contributed by atoms with Gasteiger partial charge in [-0.25, -0.2) is 18.1 Å². The smallest absolute Gasteiger partial charge is 0.241 e. The molecule has 0 bridgehead atoms. The lowest BCUT2D eigenvalue weighted by atomic mass is 10.0. The molecule has 1 heterocycles. The second-order valence-electron chi connectivity index (χ2n) is 5.85. The Balaban J connectivity index is 1.90. The summed E-state index contributed by atoms with van der Waals surface area (Å²) in [5.41, 5.74) is 6.98. The van der Waals surface area contributed by atoms with Crippen LogP contribution in [0.25, 0.3) is 0 Å². The monoisotopic (exact) mass is 385 g/mol. The number of imidazole rings is 1. The Hall–Kier alpha value is -3.17. The van der Waals surface area contributed by atoms with Gasteiger partial charge in [0, 0.05) is 18.0 Å². The molecule has 1 aromatic heterocycles. The molecule has 0 aliphatic carbocycles. The number of nitrogens with one attached hydrogen (secondary N) is 2. The average molecular weight is 385 g/mol. The Bertz CT molecular complexity index is 1020. The molecule has 8 nitrogen and oxygen atoms in total. The average Bonchev–Trinajstić information content (AvgIpc) is 3.22. The normalized spacial score (nSPS) is 13.4. The predicted molar refractivity (Wildman–Crippen MR) is 101 cm³/mol. The van der Waals surface area contributed by atoms with Crippen LogP contribution in [0.1, 0.15) is 23.0 Å². The van der Waals surface area contributed by atoms with Crippen LogP contribution in [-0.4, -0.2) is 29.4 Å². The van der Waals surface area contributed by atoms with Gasteiger partial charge in [0.05, 0.1) is 10.9 Å². The standard InChI is InChI=1S/C18H19N5O3S/c19-17(22-24)14-6-4-5-13(11-14)12-16(18-20-9-10-21-18)23-27(25,26)15-7-2-1-3-8-15/h1-11,16,23-24H,12H2,(H2,19,22)(H,20,21)/t16-/m0/s1. The van der Waals surface area contributed by atoms with Gasteiger partial charge in [-0.2, -0.15) is 0 Å². The Morgan fingerprint density at radius 1 is 1.22 bits per heavy atom. The molecule has 9 heteroatoms. The summed E-state index contributed by atoms with van der Waals surface area (Å²) in [6, 6.07) is 14.6. The van der Waals surface area contributed by atoms with Gasteiger partial charge in [-0.1, -0.05) is 41.6 Å². The molecule has 5 N–H and O–H groups in total. The zero-order valence-electron chi connectivity index (χ0n) is 14.3. The van der Waals surface area contributed by atoms with Gasteiger partial charge in [0.1, 0.15) is 5.82 Å². The van der Waals surface area contributed by atoms with E-state index in [4.69, 9.17) is 10.9 Å². The maximum Gasteiger partial charge on any atom is 0.241 e. The van der Waals surface area contributed by atoms with Crippen LogP contribution in [0.5, 0.6) is 0 Å². The molecule has 140 valence electrons. The number of amidine groups is 1. The first-order chi connectivity index (χ1) is 13.0. The van der Waals surface area contributed by atoms with Crippen molar-refractivity contribution in [3.8, 4) is 0 Å². The lowest BCUT2D eigenvalue weighted by Gasteiger charge is -2.17. The molecule has 27 heavy (non-hydrogen) atoms. The van der Waals surface area contributed by atoms with Gasteiger partial charge in [0.15, 0.2) is 5.84 Å². The second-order valence-corrected chi connectivity index (χ2v) is 7.57. The maximum absolute atomic E-state index is 12.7. The molecule has 0 saturated heterocycles. The van der Waals surface area contributed by atoms with Crippen molar-refractivity contribution in [1.29, 1.82) is 0 Å². The molecule has 0 aliphatic rings. The summed E-state index contributed by atoms with van der Waals surface area (Å²) in [7, 11) is -3.74. The first-order valence-electron chi connectivity index (χ1n) is 8.13. The Morgan fingerprint density at radius 2 is 2.00 bits per heavy atom. The Morgan fingerprint density at radius 3 is 2.67 bits per heavy atom. The van der Waals surface area contributed by atoms with E-state index in [1.807, 2.05) is 6.07 Å². The van der Waals surface area contributed by atoms with Gasteiger partial charge in [0.25, 0.3) is 0 Å². The summed E-state index contributed by atoms with van der Waals surface area (Å²) in [5.74, 6) is 0.472. The van der Waals surface area contributed by atoms with Crippen LogP contribution >= 0.6 is 0 Å². The van der Waals surface area contributed by atoms with E-state index in [9.17, 15) is 8.42 Å². The summed E-state index contributed by atoms with van der Waals surface area (Å²) in [6.45, 7) is 0. The first kappa shape index (κ1) is 18.6. The Labute approximate surface area is 156 Å². The summed E-state index contributed by atoms with van der Waals surface area (Å²) in [5, 5.41) is 11.8. The van der Waals surface area contributed by atoms with E-state index in [-0.39, 0.29) is 10.7 Å². The fourth-order valence-corrected chi connectivity index (χ4v) is 3.89. The third-order valence-corrected chi connectivity index (χ3v) is 5.46. The molecule has 3 aromatic rings. The highest BCUT2D eigenvalue weighted by Gasteiger charge is 2.23. The molecular weight excluding hydrogens is 366 g/mol. The van der Waals surface area contributed by atoms with Crippen molar-refractivity contribution in [2.75, 3.05) is 0 Å². The lowest BCUT2D eigenvalue weighted by molar-refractivity contribution is 0.318. The van der Waals surface area contributed by atoms with Crippen LogP contribution in [0.15, 0.2) is 77.0 Å². The van der Waals surface area contributed by atoms with Crippen molar-refractivity contribution < 1.29 is 13.6 Å².